The first-order valence-corrected chi connectivity index (χ1v) is 5.58. The molecule has 1 aliphatic heterocycles. The molecule has 1 fully saturated rings. The fourth-order valence-corrected chi connectivity index (χ4v) is 2.12. The Balaban J connectivity index is 2.24. The number of hydrogen-bond donors (Lipinski definition) is 3. The van der Waals surface area contributed by atoms with E-state index in [9.17, 15) is 19.0 Å². The summed E-state index contributed by atoms with van der Waals surface area (Å²) in [5.74, 6) is -2.29. The Morgan fingerprint density at radius 3 is 2.56 bits per heavy atom. The molecule has 18 heavy (non-hydrogen) atoms. The molecule has 0 unspecified atom stereocenters. The summed E-state index contributed by atoms with van der Waals surface area (Å²) in [5.41, 5.74) is 0.0827. The van der Waals surface area contributed by atoms with Gasteiger partial charge in [-0.2, -0.15) is 0 Å². The number of benzene rings is 1. The van der Waals surface area contributed by atoms with Gasteiger partial charge in [0.1, 0.15) is 23.8 Å². The van der Waals surface area contributed by atoms with Crippen LogP contribution in [-0.4, -0.2) is 46.8 Å². The van der Waals surface area contributed by atoms with Gasteiger partial charge < -0.3 is 20.1 Å². The van der Waals surface area contributed by atoms with Crippen molar-refractivity contribution in [1.82, 2.24) is 0 Å². The van der Waals surface area contributed by atoms with E-state index >= 15 is 0 Å². The van der Waals surface area contributed by atoms with Crippen LogP contribution in [0.15, 0.2) is 18.2 Å². The number of ether oxygens (including phenoxy) is 1. The van der Waals surface area contributed by atoms with Gasteiger partial charge >= 0.3 is 0 Å². The lowest BCUT2D eigenvalue weighted by Gasteiger charge is -2.37. The predicted molar refractivity (Wildman–Crippen MR) is 57.9 cm³/mol. The van der Waals surface area contributed by atoms with Crippen LogP contribution in [0.2, 0.25) is 0 Å². The van der Waals surface area contributed by atoms with Crippen molar-refractivity contribution in [2.24, 2.45) is 0 Å². The van der Waals surface area contributed by atoms with Crippen LogP contribution in [-0.2, 0) is 4.74 Å². The second-order valence-corrected chi connectivity index (χ2v) is 4.31. The average Bonchev–Trinajstić information content (AvgIpc) is 2.34. The minimum Gasteiger partial charge on any atom is -0.394 e. The van der Waals surface area contributed by atoms with E-state index < -0.39 is 42.5 Å². The molecule has 0 amide bonds. The Bertz CT molecular complexity index is 427. The molecule has 6 heteroatoms. The Morgan fingerprint density at radius 1 is 1.22 bits per heavy atom. The van der Waals surface area contributed by atoms with Gasteiger partial charge in [0, 0.05) is 12.0 Å². The largest absolute Gasteiger partial charge is 0.394 e. The zero-order valence-electron chi connectivity index (χ0n) is 9.46. The molecular weight excluding hydrogens is 246 g/mol. The van der Waals surface area contributed by atoms with E-state index in [1.54, 1.807) is 0 Å². The minimum atomic E-state index is -1.31. The van der Waals surface area contributed by atoms with Gasteiger partial charge in [-0.1, -0.05) is 6.07 Å². The van der Waals surface area contributed by atoms with Crippen LogP contribution in [0.5, 0.6) is 0 Å². The lowest BCUT2D eigenvalue weighted by atomic mass is 9.86. The van der Waals surface area contributed by atoms with Crippen LogP contribution >= 0.6 is 0 Å². The standard InChI is InChI=1S/C12H14F2O4/c13-6-1-2-7(9(14)3-6)8-5-18-10(4-15)12(17)11(8)16/h1-3,8,10-12,15-17H,4-5H2/t8-,10+,11+,12-/m0/s1. The highest BCUT2D eigenvalue weighted by Crippen LogP contribution is 2.30. The van der Waals surface area contributed by atoms with Crippen molar-refractivity contribution in [3.8, 4) is 0 Å². The maximum absolute atomic E-state index is 13.6. The Morgan fingerprint density at radius 2 is 1.94 bits per heavy atom. The molecule has 4 atom stereocenters. The molecular formula is C12H14F2O4. The first-order chi connectivity index (χ1) is 8.54. The lowest BCUT2D eigenvalue weighted by molar-refractivity contribution is -0.158. The Labute approximate surface area is 102 Å². The van der Waals surface area contributed by atoms with Crippen LogP contribution < -0.4 is 0 Å². The van der Waals surface area contributed by atoms with E-state index in [4.69, 9.17) is 9.84 Å². The van der Waals surface area contributed by atoms with Gasteiger partial charge in [0.15, 0.2) is 0 Å². The summed E-state index contributed by atoms with van der Waals surface area (Å²) in [4.78, 5) is 0. The van der Waals surface area contributed by atoms with Crippen LogP contribution in [0.1, 0.15) is 11.5 Å². The van der Waals surface area contributed by atoms with Crippen molar-refractivity contribution in [2.75, 3.05) is 13.2 Å². The molecule has 0 aliphatic carbocycles. The van der Waals surface area contributed by atoms with Crippen molar-refractivity contribution < 1.29 is 28.8 Å². The molecule has 3 N–H and O–H groups in total. The summed E-state index contributed by atoms with van der Waals surface area (Å²) in [6, 6.07) is 3.01. The molecule has 1 heterocycles. The van der Waals surface area contributed by atoms with E-state index in [1.807, 2.05) is 0 Å². The van der Waals surface area contributed by atoms with E-state index in [0.717, 1.165) is 6.07 Å². The fraction of sp³-hybridized carbons (Fsp3) is 0.500. The number of halogens is 2. The molecule has 0 bridgehead atoms. The monoisotopic (exact) mass is 260 g/mol. The van der Waals surface area contributed by atoms with E-state index in [2.05, 4.69) is 0 Å². The third-order valence-electron chi connectivity index (χ3n) is 3.17. The average molecular weight is 260 g/mol. The zero-order valence-corrected chi connectivity index (χ0v) is 9.46. The Kier molecular flexibility index (Phi) is 3.91. The molecule has 1 aromatic carbocycles. The molecule has 0 saturated carbocycles. The molecule has 1 saturated heterocycles. The molecule has 0 spiro atoms. The lowest BCUT2D eigenvalue weighted by Crippen LogP contribution is -2.50. The summed E-state index contributed by atoms with van der Waals surface area (Å²) >= 11 is 0. The third kappa shape index (κ3) is 2.37. The van der Waals surface area contributed by atoms with Gasteiger partial charge in [0.05, 0.1) is 19.3 Å². The molecule has 1 aromatic rings. The van der Waals surface area contributed by atoms with Crippen molar-refractivity contribution in [2.45, 2.75) is 24.2 Å². The van der Waals surface area contributed by atoms with E-state index in [0.29, 0.717) is 6.07 Å². The van der Waals surface area contributed by atoms with E-state index in [-0.39, 0.29) is 12.2 Å². The summed E-state index contributed by atoms with van der Waals surface area (Å²) in [7, 11) is 0. The number of rotatable bonds is 2. The highest BCUT2D eigenvalue weighted by atomic mass is 19.1. The quantitative estimate of drug-likeness (QED) is 0.708. The van der Waals surface area contributed by atoms with Gasteiger partial charge in [-0.05, 0) is 11.6 Å². The van der Waals surface area contributed by atoms with Crippen molar-refractivity contribution >= 4 is 0 Å². The van der Waals surface area contributed by atoms with Gasteiger partial charge in [0.2, 0.25) is 0 Å². The first-order valence-electron chi connectivity index (χ1n) is 5.58. The highest BCUT2D eigenvalue weighted by Gasteiger charge is 2.39. The molecule has 4 nitrogen and oxygen atoms in total. The van der Waals surface area contributed by atoms with Gasteiger partial charge in [0.25, 0.3) is 0 Å². The maximum Gasteiger partial charge on any atom is 0.129 e. The minimum absolute atomic E-state index is 0.0496. The smallest absolute Gasteiger partial charge is 0.129 e. The SMILES string of the molecule is OC[C@H]1OC[C@@H](c2ccc(F)cc2F)[C@@H](O)[C@H]1O. The molecule has 2 rings (SSSR count). The van der Waals surface area contributed by atoms with Gasteiger partial charge in [-0.25, -0.2) is 8.78 Å². The second kappa shape index (κ2) is 5.27. The van der Waals surface area contributed by atoms with E-state index in [1.165, 1.54) is 6.07 Å². The second-order valence-electron chi connectivity index (χ2n) is 4.31. The number of aliphatic hydroxyl groups is 3. The summed E-state index contributed by atoms with van der Waals surface area (Å²) in [6.07, 6.45) is -3.46. The van der Waals surface area contributed by atoms with Crippen LogP contribution in [0.3, 0.4) is 0 Å². The number of aliphatic hydroxyl groups excluding tert-OH is 3. The number of hydrogen-bond acceptors (Lipinski definition) is 4. The maximum atomic E-state index is 13.6. The summed E-state index contributed by atoms with van der Waals surface area (Å²) in [5, 5.41) is 28.5. The molecule has 0 aromatic heterocycles. The first kappa shape index (κ1) is 13.4. The molecule has 1 aliphatic rings. The van der Waals surface area contributed by atoms with Crippen LogP contribution in [0.25, 0.3) is 0 Å². The Hall–Kier alpha value is -1.08. The topological polar surface area (TPSA) is 69.9 Å². The van der Waals surface area contributed by atoms with Crippen molar-refractivity contribution in [3.05, 3.63) is 35.4 Å². The molecule has 0 radical (unpaired) electrons. The predicted octanol–water partition coefficient (Wildman–Crippen LogP) is 0.161. The van der Waals surface area contributed by atoms with Gasteiger partial charge in [-0.15, -0.1) is 0 Å². The summed E-state index contributed by atoms with van der Waals surface area (Å²) < 4.78 is 31.5. The fourth-order valence-electron chi connectivity index (χ4n) is 2.12. The molecule has 100 valence electrons. The van der Waals surface area contributed by atoms with Crippen LogP contribution in [0.4, 0.5) is 8.78 Å². The van der Waals surface area contributed by atoms with Crippen molar-refractivity contribution in [1.29, 1.82) is 0 Å². The van der Waals surface area contributed by atoms with Gasteiger partial charge in [-0.3, -0.25) is 0 Å². The van der Waals surface area contributed by atoms with Crippen molar-refractivity contribution in [3.63, 3.8) is 0 Å². The summed E-state index contributed by atoms with van der Waals surface area (Å²) in [6.45, 7) is -0.483. The normalized spacial score (nSPS) is 32.5. The third-order valence-corrected chi connectivity index (χ3v) is 3.17. The van der Waals surface area contributed by atoms with Crippen LogP contribution in [0, 0.1) is 11.6 Å². The zero-order chi connectivity index (χ0) is 13.3. The highest BCUT2D eigenvalue weighted by molar-refractivity contribution is 5.25.